The van der Waals surface area contributed by atoms with E-state index in [2.05, 4.69) is 28.4 Å². The smallest absolute Gasteiger partial charge is 0.0558 e. The number of piperidine rings is 1. The second-order valence-corrected chi connectivity index (χ2v) is 5.38. The molecule has 1 aromatic rings. The van der Waals surface area contributed by atoms with Gasteiger partial charge in [0, 0.05) is 37.9 Å². The van der Waals surface area contributed by atoms with Gasteiger partial charge in [0.1, 0.15) is 0 Å². The number of rotatable bonds is 7. The van der Waals surface area contributed by atoms with Crippen molar-refractivity contribution in [2.45, 2.75) is 32.9 Å². The van der Waals surface area contributed by atoms with Crippen LogP contribution in [0.3, 0.4) is 0 Å². The highest BCUT2D eigenvalue weighted by molar-refractivity contribution is 5.03. The summed E-state index contributed by atoms with van der Waals surface area (Å²) >= 11 is 0. The summed E-state index contributed by atoms with van der Waals surface area (Å²) in [6.45, 7) is 8.18. The minimum absolute atomic E-state index is 0.224. The summed E-state index contributed by atoms with van der Waals surface area (Å²) in [7, 11) is 0. The van der Waals surface area contributed by atoms with Crippen LogP contribution in [0.25, 0.3) is 0 Å². The summed E-state index contributed by atoms with van der Waals surface area (Å²) in [4.78, 5) is 2.34. The lowest BCUT2D eigenvalue weighted by Crippen LogP contribution is -2.39. The molecule has 1 unspecified atom stereocenters. The van der Waals surface area contributed by atoms with Crippen molar-refractivity contribution in [3.8, 4) is 0 Å². The number of aromatic nitrogens is 2. The van der Waals surface area contributed by atoms with Crippen molar-refractivity contribution in [2.75, 3.05) is 32.8 Å². The van der Waals surface area contributed by atoms with E-state index in [0.717, 1.165) is 39.3 Å². The summed E-state index contributed by atoms with van der Waals surface area (Å²) in [6.07, 6.45) is 6.60. The Hall–Kier alpha value is -0.910. The molecule has 2 heterocycles. The number of hydrogen-bond acceptors (Lipinski definition) is 4. The zero-order chi connectivity index (χ0) is 13.5. The van der Waals surface area contributed by atoms with Gasteiger partial charge in [0.25, 0.3) is 0 Å². The van der Waals surface area contributed by atoms with Crippen molar-refractivity contribution < 1.29 is 5.11 Å². The SMILES string of the molecule is CCn1cc(CN(CCO)CC2CCCNC2)cn1. The standard InChI is InChI=1S/C14H26N4O/c1-2-18-12-14(9-16-18)11-17(6-7-19)10-13-4-3-5-15-8-13/h9,12-13,15,19H,2-8,10-11H2,1H3. The van der Waals surface area contributed by atoms with Gasteiger partial charge in [-0.1, -0.05) is 0 Å². The minimum atomic E-state index is 0.224. The molecule has 1 aliphatic rings. The first-order valence-corrected chi connectivity index (χ1v) is 7.37. The number of nitrogens with one attached hydrogen (secondary N) is 1. The van der Waals surface area contributed by atoms with Gasteiger partial charge >= 0.3 is 0 Å². The third-order valence-electron chi connectivity index (χ3n) is 3.75. The second-order valence-electron chi connectivity index (χ2n) is 5.38. The quantitative estimate of drug-likeness (QED) is 0.763. The van der Waals surface area contributed by atoms with E-state index in [1.54, 1.807) is 0 Å². The average Bonchev–Trinajstić information content (AvgIpc) is 2.88. The molecule has 2 N–H and O–H groups in total. The van der Waals surface area contributed by atoms with Crippen molar-refractivity contribution in [3.63, 3.8) is 0 Å². The lowest BCUT2D eigenvalue weighted by atomic mass is 9.99. The molecule has 1 aromatic heterocycles. The summed E-state index contributed by atoms with van der Waals surface area (Å²) in [5, 5.41) is 17.0. The third-order valence-corrected chi connectivity index (χ3v) is 3.75. The van der Waals surface area contributed by atoms with Crippen molar-refractivity contribution >= 4 is 0 Å². The van der Waals surface area contributed by atoms with E-state index in [9.17, 15) is 5.11 Å². The number of hydrogen-bond donors (Lipinski definition) is 2. The highest BCUT2D eigenvalue weighted by atomic mass is 16.3. The number of aryl methyl sites for hydroxylation is 1. The predicted molar refractivity (Wildman–Crippen MR) is 75.9 cm³/mol. The molecule has 0 bridgehead atoms. The maximum atomic E-state index is 9.22. The summed E-state index contributed by atoms with van der Waals surface area (Å²) in [6, 6.07) is 0. The number of aliphatic hydroxyl groups is 1. The van der Waals surface area contributed by atoms with E-state index in [-0.39, 0.29) is 6.61 Å². The van der Waals surface area contributed by atoms with Crippen molar-refractivity contribution in [2.24, 2.45) is 5.92 Å². The molecule has 1 fully saturated rings. The van der Waals surface area contributed by atoms with Crippen LogP contribution in [0.5, 0.6) is 0 Å². The Kier molecular flexibility index (Phi) is 5.82. The van der Waals surface area contributed by atoms with Crippen LogP contribution >= 0.6 is 0 Å². The van der Waals surface area contributed by atoms with E-state index < -0.39 is 0 Å². The maximum absolute atomic E-state index is 9.22. The van der Waals surface area contributed by atoms with E-state index in [4.69, 9.17) is 0 Å². The fourth-order valence-corrected chi connectivity index (χ4v) is 2.74. The molecule has 0 amide bonds. The Morgan fingerprint density at radius 1 is 1.58 bits per heavy atom. The Morgan fingerprint density at radius 3 is 3.11 bits per heavy atom. The Labute approximate surface area is 115 Å². The molecule has 0 radical (unpaired) electrons. The molecule has 1 atom stereocenters. The van der Waals surface area contributed by atoms with Crippen LogP contribution in [0, 0.1) is 5.92 Å². The lowest BCUT2D eigenvalue weighted by Gasteiger charge is -2.29. The molecule has 0 saturated carbocycles. The molecule has 5 heteroatoms. The molecular weight excluding hydrogens is 240 g/mol. The van der Waals surface area contributed by atoms with Crippen LogP contribution in [0.4, 0.5) is 0 Å². The molecular formula is C14H26N4O. The van der Waals surface area contributed by atoms with Crippen LogP contribution in [-0.4, -0.2) is 52.6 Å². The van der Waals surface area contributed by atoms with E-state index in [0.29, 0.717) is 5.92 Å². The first-order chi connectivity index (χ1) is 9.31. The fraction of sp³-hybridized carbons (Fsp3) is 0.786. The number of aliphatic hydroxyl groups excluding tert-OH is 1. The Morgan fingerprint density at radius 2 is 2.47 bits per heavy atom. The van der Waals surface area contributed by atoms with Crippen molar-refractivity contribution in [1.82, 2.24) is 20.0 Å². The van der Waals surface area contributed by atoms with Crippen LogP contribution in [0.1, 0.15) is 25.3 Å². The Bertz CT molecular complexity index is 360. The zero-order valence-corrected chi connectivity index (χ0v) is 11.9. The van der Waals surface area contributed by atoms with E-state index >= 15 is 0 Å². The minimum Gasteiger partial charge on any atom is -0.395 e. The van der Waals surface area contributed by atoms with Gasteiger partial charge in [-0.2, -0.15) is 5.10 Å². The van der Waals surface area contributed by atoms with Gasteiger partial charge < -0.3 is 10.4 Å². The first kappa shape index (κ1) is 14.5. The van der Waals surface area contributed by atoms with E-state index in [1.165, 1.54) is 18.4 Å². The van der Waals surface area contributed by atoms with Gasteiger partial charge in [-0.05, 0) is 38.8 Å². The Balaban J connectivity index is 1.87. The molecule has 0 spiro atoms. The van der Waals surface area contributed by atoms with Crippen LogP contribution in [0.15, 0.2) is 12.4 Å². The molecule has 5 nitrogen and oxygen atoms in total. The highest BCUT2D eigenvalue weighted by Gasteiger charge is 2.17. The van der Waals surface area contributed by atoms with E-state index in [1.807, 2.05) is 10.9 Å². The zero-order valence-electron chi connectivity index (χ0n) is 11.9. The molecule has 108 valence electrons. The van der Waals surface area contributed by atoms with Gasteiger partial charge in [0.15, 0.2) is 0 Å². The van der Waals surface area contributed by atoms with Gasteiger partial charge in [0.2, 0.25) is 0 Å². The summed E-state index contributed by atoms with van der Waals surface area (Å²) in [5.41, 5.74) is 1.24. The normalized spacial score (nSPS) is 20.1. The summed E-state index contributed by atoms with van der Waals surface area (Å²) < 4.78 is 1.95. The summed E-state index contributed by atoms with van der Waals surface area (Å²) in [5.74, 6) is 0.710. The highest BCUT2D eigenvalue weighted by Crippen LogP contribution is 2.13. The van der Waals surface area contributed by atoms with Crippen LogP contribution in [0.2, 0.25) is 0 Å². The number of nitrogens with zero attached hydrogens (tertiary/aromatic N) is 3. The largest absolute Gasteiger partial charge is 0.395 e. The predicted octanol–water partition coefficient (Wildman–Crippen LogP) is 0.697. The molecule has 0 aromatic carbocycles. The molecule has 1 aliphatic heterocycles. The lowest BCUT2D eigenvalue weighted by molar-refractivity contribution is 0.158. The third kappa shape index (κ3) is 4.60. The van der Waals surface area contributed by atoms with Crippen molar-refractivity contribution in [1.29, 1.82) is 0 Å². The van der Waals surface area contributed by atoms with Gasteiger partial charge in [0.05, 0.1) is 12.8 Å². The fourth-order valence-electron chi connectivity index (χ4n) is 2.74. The average molecular weight is 266 g/mol. The molecule has 0 aliphatic carbocycles. The molecule has 19 heavy (non-hydrogen) atoms. The molecule has 1 saturated heterocycles. The van der Waals surface area contributed by atoms with Gasteiger partial charge in [-0.25, -0.2) is 0 Å². The molecule has 2 rings (SSSR count). The maximum Gasteiger partial charge on any atom is 0.0558 e. The monoisotopic (exact) mass is 266 g/mol. The van der Waals surface area contributed by atoms with Crippen LogP contribution < -0.4 is 5.32 Å². The van der Waals surface area contributed by atoms with Gasteiger partial charge in [-0.3, -0.25) is 9.58 Å². The second kappa shape index (κ2) is 7.62. The first-order valence-electron chi connectivity index (χ1n) is 7.37. The van der Waals surface area contributed by atoms with Gasteiger partial charge in [-0.15, -0.1) is 0 Å². The van der Waals surface area contributed by atoms with Crippen molar-refractivity contribution in [3.05, 3.63) is 18.0 Å². The topological polar surface area (TPSA) is 53.3 Å². The van der Waals surface area contributed by atoms with Crippen LogP contribution in [-0.2, 0) is 13.1 Å².